The van der Waals surface area contributed by atoms with Gasteiger partial charge in [-0.15, -0.1) is 0 Å². The highest BCUT2D eigenvalue weighted by Crippen LogP contribution is 2.38. The second kappa shape index (κ2) is 14.9. The van der Waals surface area contributed by atoms with E-state index >= 15 is 0 Å². The first-order valence-corrected chi connectivity index (χ1v) is 14.8. The van der Waals surface area contributed by atoms with E-state index in [-0.39, 0.29) is 41.9 Å². The quantitative estimate of drug-likeness (QED) is 0.178. The lowest BCUT2D eigenvalue weighted by molar-refractivity contribution is -0.145. The van der Waals surface area contributed by atoms with E-state index in [1.165, 1.54) is 0 Å². The number of hydrogen-bond donors (Lipinski definition) is 0. The summed E-state index contributed by atoms with van der Waals surface area (Å²) in [6, 6.07) is 1.71. The Morgan fingerprint density at radius 3 is 1.83 bits per heavy atom. The number of pyridine rings is 1. The molecule has 2 aromatic rings. The van der Waals surface area contributed by atoms with Crippen LogP contribution in [0.15, 0.2) is 30.5 Å². The lowest BCUT2D eigenvalue weighted by atomic mass is 9.80. The number of ether oxygens (including phenoxy) is 1. The number of carbonyl (C=O) groups excluding carboxylic acids is 2. The van der Waals surface area contributed by atoms with Gasteiger partial charge in [0.1, 0.15) is 5.82 Å². The van der Waals surface area contributed by atoms with Gasteiger partial charge in [0, 0.05) is 51.3 Å². The lowest BCUT2D eigenvalue weighted by Crippen LogP contribution is -2.35. The number of anilines is 1. The summed E-state index contributed by atoms with van der Waals surface area (Å²) < 4.78 is 127. The third-order valence-electron chi connectivity index (χ3n) is 7.98. The molecule has 1 aromatic carbocycles. The van der Waals surface area contributed by atoms with Crippen molar-refractivity contribution in [2.75, 3.05) is 24.6 Å². The van der Waals surface area contributed by atoms with Crippen molar-refractivity contribution in [3.8, 4) is 0 Å². The van der Waals surface area contributed by atoms with Crippen molar-refractivity contribution in [2.24, 2.45) is 11.8 Å². The first-order valence-electron chi connectivity index (χ1n) is 14.8. The van der Waals surface area contributed by atoms with E-state index in [4.69, 9.17) is 4.74 Å². The SMILES string of the molecule is CCOC(=O)C[C@H]1CC[C@H](CN(CC)c2ncc(C(F)(F)F)cc2CN(Cc2cc(C(F)(F)F)cc(C(F)(F)F)c2)C(C)=O)CC1. The van der Waals surface area contributed by atoms with E-state index in [1.807, 2.05) is 0 Å². The number of benzene rings is 1. The molecule has 0 unspecified atom stereocenters. The molecule has 1 amide bonds. The van der Waals surface area contributed by atoms with E-state index in [1.54, 1.807) is 18.7 Å². The first kappa shape index (κ1) is 36.9. The van der Waals surface area contributed by atoms with Gasteiger partial charge in [0.15, 0.2) is 0 Å². The van der Waals surface area contributed by atoms with Gasteiger partial charge in [-0.25, -0.2) is 4.98 Å². The fraction of sp³-hybridized carbons (Fsp3) is 0.581. The summed E-state index contributed by atoms with van der Waals surface area (Å²) >= 11 is 0. The second-order valence-electron chi connectivity index (χ2n) is 11.4. The van der Waals surface area contributed by atoms with Crippen molar-refractivity contribution in [3.05, 3.63) is 58.3 Å². The molecule has 0 bridgehead atoms. The maximum absolute atomic E-state index is 13.7. The lowest BCUT2D eigenvalue weighted by Gasteiger charge is -2.34. The molecule has 1 fully saturated rings. The average Bonchev–Trinajstić information content (AvgIpc) is 2.95. The van der Waals surface area contributed by atoms with E-state index in [0.717, 1.165) is 43.6 Å². The highest BCUT2D eigenvalue weighted by Gasteiger charge is 2.37. The standard InChI is InChI=1S/C31H36F9N3O3/c1-4-42(16-21-8-6-20(7-9-21)12-27(45)46-5-2)28-23(13-26(15-41-28)31(38,39)40)18-43(19(3)44)17-22-10-24(29(32,33)34)14-25(11-22)30(35,36)37/h10-11,13-15,20-21H,4-9,12,16-18H2,1-3H3/t20-,21-. The van der Waals surface area contributed by atoms with Gasteiger partial charge in [-0.1, -0.05) is 0 Å². The van der Waals surface area contributed by atoms with E-state index in [9.17, 15) is 49.1 Å². The molecule has 15 heteroatoms. The van der Waals surface area contributed by atoms with Crippen LogP contribution >= 0.6 is 0 Å². The smallest absolute Gasteiger partial charge is 0.417 e. The van der Waals surface area contributed by atoms with Gasteiger partial charge in [0.05, 0.1) is 23.3 Å². The Balaban J connectivity index is 1.91. The number of carbonyl (C=O) groups is 2. The van der Waals surface area contributed by atoms with Crippen LogP contribution in [0, 0.1) is 11.8 Å². The molecule has 0 radical (unpaired) electrons. The highest BCUT2D eigenvalue weighted by atomic mass is 19.4. The third-order valence-corrected chi connectivity index (χ3v) is 7.98. The van der Waals surface area contributed by atoms with Crippen LogP contribution in [-0.4, -0.2) is 41.5 Å². The maximum atomic E-state index is 13.7. The fourth-order valence-electron chi connectivity index (χ4n) is 5.63. The summed E-state index contributed by atoms with van der Waals surface area (Å²) in [6.07, 6.45) is -11.1. The molecule has 1 heterocycles. The Bertz CT molecular complexity index is 1320. The van der Waals surface area contributed by atoms with Crippen LogP contribution in [0.4, 0.5) is 45.3 Å². The summed E-state index contributed by atoms with van der Waals surface area (Å²) in [6.45, 7) is 4.23. The van der Waals surface area contributed by atoms with Crippen molar-refractivity contribution in [1.29, 1.82) is 0 Å². The summed E-state index contributed by atoms with van der Waals surface area (Å²) in [5.41, 5.74) is -4.83. The van der Waals surface area contributed by atoms with E-state index < -0.39 is 59.8 Å². The number of esters is 1. The Morgan fingerprint density at radius 1 is 0.804 bits per heavy atom. The summed E-state index contributed by atoms with van der Waals surface area (Å²) in [7, 11) is 0. The van der Waals surface area contributed by atoms with E-state index in [2.05, 4.69) is 4.98 Å². The van der Waals surface area contributed by atoms with Gasteiger partial charge in [-0.05, 0) is 81.2 Å². The maximum Gasteiger partial charge on any atom is 0.417 e. The predicted molar refractivity (Wildman–Crippen MR) is 150 cm³/mol. The van der Waals surface area contributed by atoms with Crippen molar-refractivity contribution < 1.29 is 53.8 Å². The van der Waals surface area contributed by atoms with Crippen LogP contribution in [0.2, 0.25) is 0 Å². The number of hydrogen-bond acceptors (Lipinski definition) is 5. The number of aromatic nitrogens is 1. The second-order valence-corrected chi connectivity index (χ2v) is 11.4. The molecule has 0 atom stereocenters. The topological polar surface area (TPSA) is 62.7 Å². The summed E-state index contributed by atoms with van der Waals surface area (Å²) in [4.78, 5) is 31.2. The minimum atomic E-state index is -5.12. The van der Waals surface area contributed by atoms with Crippen LogP contribution in [0.1, 0.15) is 80.7 Å². The third kappa shape index (κ3) is 10.2. The van der Waals surface area contributed by atoms with Crippen LogP contribution in [0.25, 0.3) is 0 Å². The predicted octanol–water partition coefficient (Wildman–Crippen LogP) is 8.27. The molecule has 1 aliphatic carbocycles. The molecule has 0 N–H and O–H groups in total. The summed E-state index contributed by atoms with van der Waals surface area (Å²) in [5, 5.41) is 0. The highest BCUT2D eigenvalue weighted by molar-refractivity contribution is 5.73. The number of halogens is 9. The van der Waals surface area contributed by atoms with Gasteiger partial charge in [-0.2, -0.15) is 39.5 Å². The molecule has 1 aromatic heterocycles. The zero-order chi connectivity index (χ0) is 34.4. The fourth-order valence-corrected chi connectivity index (χ4v) is 5.63. The van der Waals surface area contributed by atoms with Crippen molar-refractivity contribution >= 4 is 17.7 Å². The van der Waals surface area contributed by atoms with Gasteiger partial charge >= 0.3 is 24.5 Å². The Morgan fingerprint density at radius 2 is 1.35 bits per heavy atom. The van der Waals surface area contributed by atoms with Crippen LogP contribution in [0.3, 0.4) is 0 Å². The minimum absolute atomic E-state index is 0.0418. The molecular formula is C31H36F9N3O3. The number of nitrogens with zero attached hydrogens (tertiary/aromatic N) is 3. The summed E-state index contributed by atoms with van der Waals surface area (Å²) in [5.74, 6) is -0.657. The zero-order valence-corrected chi connectivity index (χ0v) is 25.6. The molecule has 0 spiro atoms. The first-order chi connectivity index (χ1) is 21.3. The molecule has 1 saturated carbocycles. The van der Waals surface area contributed by atoms with Gasteiger partial charge in [-0.3, -0.25) is 9.59 Å². The van der Waals surface area contributed by atoms with Gasteiger partial charge < -0.3 is 14.5 Å². The largest absolute Gasteiger partial charge is 0.466 e. The molecule has 3 rings (SSSR count). The zero-order valence-electron chi connectivity index (χ0n) is 25.6. The van der Waals surface area contributed by atoms with Gasteiger partial charge in [0.2, 0.25) is 5.91 Å². The molecular weight excluding hydrogens is 633 g/mol. The molecule has 0 saturated heterocycles. The molecule has 0 aliphatic heterocycles. The monoisotopic (exact) mass is 669 g/mol. The van der Waals surface area contributed by atoms with Crippen molar-refractivity contribution in [2.45, 2.75) is 84.5 Å². The normalized spacial score (nSPS) is 17.5. The molecule has 1 aliphatic rings. The molecule has 6 nitrogen and oxygen atoms in total. The van der Waals surface area contributed by atoms with Crippen LogP contribution in [0.5, 0.6) is 0 Å². The number of rotatable bonds is 11. The Kier molecular flexibility index (Phi) is 12.0. The van der Waals surface area contributed by atoms with Crippen molar-refractivity contribution in [3.63, 3.8) is 0 Å². The van der Waals surface area contributed by atoms with Crippen LogP contribution < -0.4 is 4.90 Å². The molecule has 46 heavy (non-hydrogen) atoms. The molecule has 256 valence electrons. The number of alkyl halides is 9. The minimum Gasteiger partial charge on any atom is -0.466 e. The Labute approximate surface area is 260 Å². The Hall–Kier alpha value is -3.52. The van der Waals surface area contributed by atoms with Gasteiger partial charge in [0.25, 0.3) is 0 Å². The van der Waals surface area contributed by atoms with Crippen LogP contribution in [-0.2, 0) is 45.9 Å². The van der Waals surface area contributed by atoms with Crippen molar-refractivity contribution in [1.82, 2.24) is 9.88 Å². The average molecular weight is 670 g/mol. The van der Waals surface area contributed by atoms with E-state index in [0.29, 0.717) is 37.8 Å². The number of amides is 1.